The van der Waals surface area contributed by atoms with E-state index in [4.69, 9.17) is 16.2 Å². The van der Waals surface area contributed by atoms with Crippen LogP contribution in [0.1, 0.15) is 12.8 Å². The number of nitrogens with two attached hydrogens (primary N) is 2. The molecule has 6 heteroatoms. The van der Waals surface area contributed by atoms with Crippen molar-refractivity contribution in [2.45, 2.75) is 25.0 Å². The number of benzene rings is 1. The van der Waals surface area contributed by atoms with Crippen LogP contribution in [-0.2, 0) is 4.74 Å². The van der Waals surface area contributed by atoms with Crippen molar-refractivity contribution >= 4 is 17.5 Å². The minimum Gasteiger partial charge on any atom is -0.446 e. The van der Waals surface area contributed by atoms with Gasteiger partial charge in [0.25, 0.3) is 0 Å². The molecule has 0 spiro atoms. The highest BCUT2D eigenvalue weighted by Gasteiger charge is 2.37. The summed E-state index contributed by atoms with van der Waals surface area (Å²) in [6.45, 7) is 2.12. The molecular weight excluding hydrogens is 256 g/mol. The Kier molecular flexibility index (Phi) is 3.40. The van der Waals surface area contributed by atoms with Gasteiger partial charge < -0.3 is 21.1 Å². The molecule has 1 aromatic carbocycles. The van der Waals surface area contributed by atoms with Gasteiger partial charge in [0, 0.05) is 30.5 Å². The smallest absolute Gasteiger partial charge is 0.411 e. The number of ether oxygens (including phenoxy) is 1. The van der Waals surface area contributed by atoms with Crippen LogP contribution in [0.15, 0.2) is 24.3 Å². The third-order valence-electron chi connectivity index (χ3n) is 4.06. The molecule has 3 rings (SSSR count). The zero-order chi connectivity index (χ0) is 14.1. The zero-order valence-corrected chi connectivity index (χ0v) is 11.4. The highest BCUT2D eigenvalue weighted by Crippen LogP contribution is 2.25. The summed E-state index contributed by atoms with van der Waals surface area (Å²) >= 11 is 0. The Hall–Kier alpha value is -1.95. The maximum absolute atomic E-state index is 11.7. The topological polar surface area (TPSA) is 84.8 Å². The van der Waals surface area contributed by atoms with Crippen LogP contribution in [-0.4, -0.2) is 42.9 Å². The summed E-state index contributed by atoms with van der Waals surface area (Å²) in [6.07, 6.45) is 1.25. The predicted octanol–water partition coefficient (Wildman–Crippen LogP) is 0.975. The number of nitrogen functional groups attached to an aromatic ring is 1. The number of anilines is 2. The minimum atomic E-state index is -0.296. The molecular formula is C14H20N4O2. The molecule has 2 aliphatic rings. The minimum absolute atomic E-state index is 0.185. The van der Waals surface area contributed by atoms with Crippen LogP contribution in [0.4, 0.5) is 16.2 Å². The monoisotopic (exact) mass is 276 g/mol. The lowest BCUT2D eigenvalue weighted by Crippen LogP contribution is -2.51. The van der Waals surface area contributed by atoms with E-state index in [1.807, 2.05) is 24.3 Å². The van der Waals surface area contributed by atoms with Gasteiger partial charge in [0.1, 0.15) is 12.8 Å². The van der Waals surface area contributed by atoms with E-state index in [1.54, 1.807) is 4.90 Å². The molecule has 4 N–H and O–H groups in total. The fraction of sp³-hybridized carbons (Fsp3) is 0.500. The Balaban J connectivity index is 1.62. The number of hydrogen-bond acceptors (Lipinski definition) is 5. The summed E-state index contributed by atoms with van der Waals surface area (Å²) < 4.78 is 4.99. The van der Waals surface area contributed by atoms with Crippen molar-refractivity contribution in [3.05, 3.63) is 24.3 Å². The predicted molar refractivity (Wildman–Crippen MR) is 77.3 cm³/mol. The molecule has 2 saturated heterocycles. The van der Waals surface area contributed by atoms with Crippen LogP contribution in [0.5, 0.6) is 0 Å². The normalized spacial score (nSPS) is 24.1. The van der Waals surface area contributed by atoms with E-state index < -0.39 is 0 Å². The molecule has 1 unspecified atom stereocenters. The number of nitrogens with zero attached hydrogens (tertiary/aromatic N) is 2. The fourth-order valence-electron chi connectivity index (χ4n) is 2.95. The van der Waals surface area contributed by atoms with E-state index in [-0.39, 0.29) is 18.3 Å². The Morgan fingerprint density at radius 2 is 1.80 bits per heavy atom. The number of carbonyl (C=O) groups excluding carboxylic acids is 1. The molecule has 0 aromatic heterocycles. The molecule has 108 valence electrons. The van der Waals surface area contributed by atoms with Crippen molar-refractivity contribution in [2.24, 2.45) is 5.73 Å². The highest BCUT2D eigenvalue weighted by molar-refractivity contribution is 5.70. The molecule has 2 heterocycles. The van der Waals surface area contributed by atoms with Crippen LogP contribution in [0.25, 0.3) is 0 Å². The van der Waals surface area contributed by atoms with Gasteiger partial charge in [-0.25, -0.2) is 4.79 Å². The van der Waals surface area contributed by atoms with Gasteiger partial charge in [0.05, 0.1) is 0 Å². The maximum Gasteiger partial charge on any atom is 0.411 e. The quantitative estimate of drug-likeness (QED) is 0.786. The third-order valence-corrected chi connectivity index (χ3v) is 4.06. The van der Waals surface area contributed by atoms with Gasteiger partial charge in [-0.3, -0.25) is 4.90 Å². The first kappa shape index (κ1) is 13.1. The molecule has 0 saturated carbocycles. The molecule has 20 heavy (non-hydrogen) atoms. The van der Waals surface area contributed by atoms with E-state index in [9.17, 15) is 4.79 Å². The van der Waals surface area contributed by atoms with Gasteiger partial charge >= 0.3 is 6.09 Å². The number of cyclic esters (lactones) is 1. The number of carbonyl (C=O) groups is 1. The first-order chi connectivity index (χ1) is 9.65. The van der Waals surface area contributed by atoms with Crippen molar-refractivity contribution in [3.8, 4) is 0 Å². The summed E-state index contributed by atoms with van der Waals surface area (Å²) in [6, 6.07) is 8.08. The van der Waals surface area contributed by atoms with E-state index in [1.165, 1.54) is 5.69 Å². The number of hydrogen-bond donors (Lipinski definition) is 2. The summed E-state index contributed by atoms with van der Waals surface area (Å²) in [5, 5.41) is 0. The lowest BCUT2D eigenvalue weighted by molar-refractivity contribution is 0.137. The second-order valence-electron chi connectivity index (χ2n) is 5.36. The molecule has 1 amide bonds. The van der Waals surface area contributed by atoms with Crippen LogP contribution in [0, 0.1) is 0 Å². The number of piperidine rings is 1. The first-order valence-corrected chi connectivity index (χ1v) is 6.96. The van der Waals surface area contributed by atoms with E-state index in [2.05, 4.69) is 4.90 Å². The van der Waals surface area contributed by atoms with Gasteiger partial charge in [-0.05, 0) is 37.1 Å². The largest absolute Gasteiger partial charge is 0.446 e. The van der Waals surface area contributed by atoms with Crippen LogP contribution < -0.4 is 16.4 Å². The van der Waals surface area contributed by atoms with Crippen molar-refractivity contribution < 1.29 is 9.53 Å². The first-order valence-electron chi connectivity index (χ1n) is 6.96. The molecule has 6 nitrogen and oxygen atoms in total. The molecule has 0 aliphatic carbocycles. The summed E-state index contributed by atoms with van der Waals surface area (Å²) in [4.78, 5) is 15.7. The van der Waals surface area contributed by atoms with E-state index in [0.29, 0.717) is 6.61 Å². The summed E-state index contributed by atoms with van der Waals surface area (Å²) in [7, 11) is 0. The molecule has 2 fully saturated rings. The molecule has 2 aliphatic heterocycles. The Bertz CT molecular complexity index is 482. The van der Waals surface area contributed by atoms with Gasteiger partial charge in [-0.15, -0.1) is 0 Å². The standard InChI is InChI=1S/C14H20N4O2/c15-10-1-3-11(4-2-10)17-7-5-12(6-8-17)18-13(16)9-20-14(18)19/h1-4,12-13H,5-9,15-16H2. The highest BCUT2D eigenvalue weighted by atomic mass is 16.6. The maximum atomic E-state index is 11.7. The SMILES string of the molecule is Nc1ccc(N2CCC(N3C(=O)OCC3N)CC2)cc1. The Labute approximate surface area is 118 Å². The molecule has 0 bridgehead atoms. The third kappa shape index (κ3) is 2.38. The van der Waals surface area contributed by atoms with Crippen molar-refractivity contribution in [1.82, 2.24) is 4.90 Å². The summed E-state index contributed by atoms with van der Waals surface area (Å²) in [5.74, 6) is 0. The van der Waals surface area contributed by atoms with E-state index >= 15 is 0 Å². The van der Waals surface area contributed by atoms with Crippen molar-refractivity contribution in [2.75, 3.05) is 30.3 Å². The van der Waals surface area contributed by atoms with Crippen LogP contribution in [0.3, 0.4) is 0 Å². The lowest BCUT2D eigenvalue weighted by atomic mass is 10.0. The average molecular weight is 276 g/mol. The van der Waals surface area contributed by atoms with Gasteiger partial charge in [0.2, 0.25) is 0 Å². The zero-order valence-electron chi connectivity index (χ0n) is 11.4. The second-order valence-corrected chi connectivity index (χ2v) is 5.36. The average Bonchev–Trinajstić information content (AvgIpc) is 2.79. The van der Waals surface area contributed by atoms with Crippen LogP contribution in [0.2, 0.25) is 0 Å². The van der Waals surface area contributed by atoms with Gasteiger partial charge in [-0.2, -0.15) is 0 Å². The van der Waals surface area contributed by atoms with Crippen LogP contribution >= 0.6 is 0 Å². The van der Waals surface area contributed by atoms with E-state index in [0.717, 1.165) is 31.6 Å². The lowest BCUT2D eigenvalue weighted by Gasteiger charge is -2.38. The molecule has 1 aromatic rings. The number of rotatable bonds is 2. The van der Waals surface area contributed by atoms with Gasteiger partial charge in [0.15, 0.2) is 0 Å². The summed E-state index contributed by atoms with van der Waals surface area (Å²) in [5.41, 5.74) is 13.6. The number of amides is 1. The molecule has 1 atom stereocenters. The van der Waals surface area contributed by atoms with Gasteiger partial charge in [-0.1, -0.05) is 0 Å². The Morgan fingerprint density at radius 3 is 2.35 bits per heavy atom. The van der Waals surface area contributed by atoms with Crippen molar-refractivity contribution in [1.29, 1.82) is 0 Å². The van der Waals surface area contributed by atoms with Crippen molar-refractivity contribution in [3.63, 3.8) is 0 Å². The molecule has 0 radical (unpaired) electrons. The second kappa shape index (κ2) is 5.20. The fourth-order valence-corrected chi connectivity index (χ4v) is 2.95. The Morgan fingerprint density at radius 1 is 1.15 bits per heavy atom.